The lowest BCUT2D eigenvalue weighted by atomic mass is 9.97. The third-order valence-corrected chi connectivity index (χ3v) is 6.78. The molecular formula is C20H19N5OS2. The third-order valence-electron chi connectivity index (χ3n) is 4.69. The number of thiophene rings is 1. The molecule has 1 N–H and O–H groups in total. The number of hydrogen-bond donors (Lipinski definition) is 1. The van der Waals surface area contributed by atoms with E-state index in [0.29, 0.717) is 27.1 Å². The molecule has 142 valence electrons. The van der Waals surface area contributed by atoms with Crippen molar-refractivity contribution in [3.05, 3.63) is 45.5 Å². The van der Waals surface area contributed by atoms with Crippen LogP contribution in [0.5, 0.6) is 0 Å². The Bertz CT molecular complexity index is 1020. The fourth-order valence-corrected chi connectivity index (χ4v) is 5.38. The summed E-state index contributed by atoms with van der Waals surface area (Å²) in [5.41, 5.74) is 2.46. The number of thiazole rings is 1. The van der Waals surface area contributed by atoms with Crippen LogP contribution in [0.25, 0.3) is 10.8 Å². The number of aromatic nitrogens is 3. The predicted molar refractivity (Wildman–Crippen MR) is 110 cm³/mol. The number of carbonyl (C=O) groups excluding carboxylic acids is 1. The summed E-state index contributed by atoms with van der Waals surface area (Å²) in [6.07, 6.45) is 10.1. The topological polar surface area (TPSA) is 91.6 Å². The molecule has 0 radical (unpaired) electrons. The average Bonchev–Trinajstić information content (AvgIpc) is 3.27. The Balaban J connectivity index is 1.48. The molecule has 0 spiro atoms. The Morgan fingerprint density at radius 2 is 1.96 bits per heavy atom. The first kappa shape index (κ1) is 18.7. The van der Waals surface area contributed by atoms with Gasteiger partial charge in [0.25, 0.3) is 0 Å². The van der Waals surface area contributed by atoms with E-state index < -0.39 is 0 Å². The van der Waals surface area contributed by atoms with E-state index in [4.69, 9.17) is 0 Å². The van der Waals surface area contributed by atoms with Crippen molar-refractivity contribution >= 4 is 33.6 Å². The molecule has 8 heteroatoms. The fraction of sp³-hybridized carbons (Fsp3) is 0.350. The molecule has 1 aliphatic rings. The van der Waals surface area contributed by atoms with Gasteiger partial charge < -0.3 is 5.32 Å². The number of amides is 1. The van der Waals surface area contributed by atoms with Crippen LogP contribution in [0.1, 0.15) is 47.4 Å². The van der Waals surface area contributed by atoms with Gasteiger partial charge in [0.2, 0.25) is 5.91 Å². The zero-order valence-electron chi connectivity index (χ0n) is 15.3. The lowest BCUT2D eigenvalue weighted by Crippen LogP contribution is -2.14. The molecule has 0 aliphatic heterocycles. The minimum atomic E-state index is -0.156. The van der Waals surface area contributed by atoms with Crippen LogP contribution in [0.4, 0.5) is 5.00 Å². The molecule has 4 rings (SSSR count). The Kier molecular flexibility index (Phi) is 5.74. The summed E-state index contributed by atoms with van der Waals surface area (Å²) in [4.78, 5) is 26.7. The monoisotopic (exact) mass is 409 g/mol. The van der Waals surface area contributed by atoms with Gasteiger partial charge in [-0.25, -0.2) is 15.0 Å². The fourth-order valence-electron chi connectivity index (χ4n) is 3.36. The van der Waals surface area contributed by atoms with E-state index in [9.17, 15) is 10.1 Å². The molecule has 6 nitrogen and oxygen atoms in total. The zero-order valence-corrected chi connectivity index (χ0v) is 16.9. The van der Waals surface area contributed by atoms with Crippen molar-refractivity contribution in [2.45, 2.75) is 44.9 Å². The maximum atomic E-state index is 12.6. The summed E-state index contributed by atoms with van der Waals surface area (Å²) >= 11 is 2.98. The maximum absolute atomic E-state index is 12.6. The van der Waals surface area contributed by atoms with Crippen molar-refractivity contribution in [2.24, 2.45) is 0 Å². The van der Waals surface area contributed by atoms with Gasteiger partial charge in [-0.05, 0) is 37.3 Å². The summed E-state index contributed by atoms with van der Waals surface area (Å²) in [5, 5.41) is 15.8. The average molecular weight is 410 g/mol. The quantitative estimate of drug-likeness (QED) is 0.691. The van der Waals surface area contributed by atoms with E-state index in [1.165, 1.54) is 29.1 Å². The van der Waals surface area contributed by atoms with Crippen LogP contribution in [0.15, 0.2) is 23.8 Å². The molecule has 1 amide bonds. The van der Waals surface area contributed by atoms with Crippen LogP contribution >= 0.6 is 22.7 Å². The van der Waals surface area contributed by atoms with E-state index in [-0.39, 0.29) is 12.3 Å². The van der Waals surface area contributed by atoms with E-state index in [1.54, 1.807) is 29.8 Å². The first-order valence-corrected chi connectivity index (χ1v) is 11.0. The van der Waals surface area contributed by atoms with Gasteiger partial charge in [0.05, 0.1) is 17.7 Å². The van der Waals surface area contributed by atoms with Crippen molar-refractivity contribution in [1.29, 1.82) is 5.26 Å². The molecule has 0 unspecified atom stereocenters. The van der Waals surface area contributed by atoms with Gasteiger partial charge in [-0.2, -0.15) is 5.26 Å². The number of carbonyl (C=O) groups is 1. The van der Waals surface area contributed by atoms with Crippen molar-refractivity contribution in [1.82, 2.24) is 15.0 Å². The zero-order chi connectivity index (χ0) is 19.3. The van der Waals surface area contributed by atoms with Gasteiger partial charge >= 0.3 is 0 Å². The molecule has 0 atom stereocenters. The molecule has 1 aliphatic carbocycles. The lowest BCUT2D eigenvalue weighted by molar-refractivity contribution is -0.115. The number of hydrogen-bond acceptors (Lipinski definition) is 7. The highest BCUT2D eigenvalue weighted by molar-refractivity contribution is 7.16. The lowest BCUT2D eigenvalue weighted by Gasteiger charge is -2.08. The summed E-state index contributed by atoms with van der Waals surface area (Å²) in [6, 6.07) is 4.07. The molecule has 0 fully saturated rings. The summed E-state index contributed by atoms with van der Waals surface area (Å²) in [6.45, 7) is 0. The first-order chi connectivity index (χ1) is 13.7. The van der Waals surface area contributed by atoms with Crippen molar-refractivity contribution in [3.8, 4) is 16.9 Å². The van der Waals surface area contributed by atoms with Gasteiger partial charge in [-0.3, -0.25) is 4.79 Å². The van der Waals surface area contributed by atoms with Crippen LogP contribution in [0.3, 0.4) is 0 Å². The minimum absolute atomic E-state index is 0.156. The molecule has 0 saturated heterocycles. The second kappa shape index (κ2) is 8.59. The molecule has 3 heterocycles. The highest BCUT2D eigenvalue weighted by atomic mass is 32.1. The van der Waals surface area contributed by atoms with Gasteiger partial charge in [-0.15, -0.1) is 22.7 Å². The summed E-state index contributed by atoms with van der Waals surface area (Å²) < 4.78 is 0. The Hall–Kier alpha value is -2.63. The standard InChI is InChI=1S/C20H19N5OS2/c21-11-15-14-6-3-1-2-4-7-16(14)28-19(15)25-17(26)10-13-12-27-20(24-13)18-22-8-5-9-23-18/h5,8-9,12H,1-4,6-7,10H2,(H,25,26). The molecule has 3 aromatic rings. The maximum Gasteiger partial charge on any atom is 0.231 e. The van der Waals surface area contributed by atoms with Crippen molar-refractivity contribution in [3.63, 3.8) is 0 Å². The number of nitriles is 1. The SMILES string of the molecule is N#Cc1c(NC(=O)Cc2csc(-c3ncccn3)n2)sc2c1CCCCCC2. The Labute approximate surface area is 171 Å². The Morgan fingerprint density at radius 3 is 2.75 bits per heavy atom. The number of fused-ring (bicyclic) bond motifs is 1. The first-order valence-electron chi connectivity index (χ1n) is 9.31. The van der Waals surface area contributed by atoms with Crippen molar-refractivity contribution < 1.29 is 4.79 Å². The molecular weight excluding hydrogens is 390 g/mol. The molecule has 28 heavy (non-hydrogen) atoms. The predicted octanol–water partition coefficient (Wildman–Crippen LogP) is 4.37. The molecule has 3 aromatic heterocycles. The number of anilines is 1. The molecule has 0 aromatic carbocycles. The molecule has 0 saturated carbocycles. The van der Waals surface area contributed by atoms with Gasteiger partial charge in [-0.1, -0.05) is 12.8 Å². The highest BCUT2D eigenvalue weighted by Crippen LogP contribution is 2.36. The summed E-state index contributed by atoms with van der Waals surface area (Å²) in [7, 11) is 0. The second-order valence-corrected chi connectivity index (χ2v) is 8.64. The highest BCUT2D eigenvalue weighted by Gasteiger charge is 2.21. The van der Waals surface area contributed by atoms with E-state index in [0.717, 1.165) is 31.2 Å². The Morgan fingerprint density at radius 1 is 1.18 bits per heavy atom. The van der Waals surface area contributed by atoms with Crippen molar-refractivity contribution in [2.75, 3.05) is 5.32 Å². The van der Waals surface area contributed by atoms with Gasteiger partial charge in [0.1, 0.15) is 11.1 Å². The van der Waals surface area contributed by atoms with E-state index in [1.807, 2.05) is 5.38 Å². The van der Waals surface area contributed by atoms with Crippen LogP contribution in [-0.2, 0) is 24.1 Å². The third kappa shape index (κ3) is 4.11. The van der Waals surface area contributed by atoms with Crippen LogP contribution in [-0.4, -0.2) is 20.9 Å². The largest absolute Gasteiger partial charge is 0.316 e. The smallest absolute Gasteiger partial charge is 0.231 e. The second-order valence-electron chi connectivity index (χ2n) is 6.68. The normalized spacial score (nSPS) is 13.8. The number of rotatable bonds is 4. The number of aryl methyl sites for hydroxylation is 1. The number of nitrogens with one attached hydrogen (secondary N) is 1. The van der Waals surface area contributed by atoms with Crippen LogP contribution < -0.4 is 5.32 Å². The molecule has 0 bridgehead atoms. The minimum Gasteiger partial charge on any atom is -0.316 e. The van der Waals surface area contributed by atoms with Crippen LogP contribution in [0, 0.1) is 11.3 Å². The summed E-state index contributed by atoms with van der Waals surface area (Å²) in [5.74, 6) is 0.403. The van der Waals surface area contributed by atoms with Crippen LogP contribution in [0.2, 0.25) is 0 Å². The van der Waals surface area contributed by atoms with E-state index >= 15 is 0 Å². The van der Waals surface area contributed by atoms with E-state index in [2.05, 4.69) is 26.3 Å². The van der Waals surface area contributed by atoms with Gasteiger partial charge in [0.15, 0.2) is 10.8 Å². The van der Waals surface area contributed by atoms with Gasteiger partial charge in [0, 0.05) is 22.7 Å². The number of nitrogens with zero attached hydrogens (tertiary/aromatic N) is 4.